The summed E-state index contributed by atoms with van der Waals surface area (Å²) in [5, 5.41) is 2.79. The maximum atomic E-state index is 12.8. The van der Waals surface area contributed by atoms with E-state index in [0.29, 0.717) is 17.8 Å². The van der Waals surface area contributed by atoms with Crippen LogP contribution in [0.15, 0.2) is 47.1 Å². The number of furan rings is 1. The number of carbonyl (C=O) groups excluding carboxylic acids is 2. The van der Waals surface area contributed by atoms with Crippen LogP contribution < -0.4 is 5.32 Å². The van der Waals surface area contributed by atoms with Gasteiger partial charge in [-0.15, -0.1) is 0 Å². The Morgan fingerprint density at radius 2 is 1.82 bits per heavy atom. The van der Waals surface area contributed by atoms with E-state index < -0.39 is 0 Å². The Hall–Kier alpha value is -3.02. The first-order chi connectivity index (χ1) is 13.6. The van der Waals surface area contributed by atoms with Crippen molar-refractivity contribution in [3.8, 4) is 0 Å². The summed E-state index contributed by atoms with van der Waals surface area (Å²) in [6.07, 6.45) is 4.87. The van der Waals surface area contributed by atoms with E-state index in [-0.39, 0.29) is 18.4 Å². The SMILES string of the molecule is Cc1ccc(Cn2c(C(=O)NCC(=O)N3CCCCC3)cc3occc32)cc1. The number of rotatable bonds is 5. The first-order valence-electron chi connectivity index (χ1n) is 9.80. The molecule has 0 radical (unpaired) electrons. The smallest absolute Gasteiger partial charge is 0.268 e. The fourth-order valence-corrected chi connectivity index (χ4v) is 3.71. The molecule has 4 rings (SSSR count). The Balaban J connectivity index is 1.50. The van der Waals surface area contributed by atoms with Crippen molar-refractivity contribution in [2.24, 2.45) is 0 Å². The van der Waals surface area contributed by atoms with Crippen molar-refractivity contribution in [2.75, 3.05) is 19.6 Å². The number of benzene rings is 1. The highest BCUT2D eigenvalue weighted by atomic mass is 16.3. The lowest BCUT2D eigenvalue weighted by atomic mass is 10.1. The molecule has 2 aromatic heterocycles. The molecule has 0 atom stereocenters. The van der Waals surface area contributed by atoms with Crippen LogP contribution >= 0.6 is 0 Å². The number of hydrogen-bond acceptors (Lipinski definition) is 3. The van der Waals surface area contributed by atoms with Gasteiger partial charge in [-0.1, -0.05) is 29.8 Å². The minimum Gasteiger partial charge on any atom is -0.463 e. The van der Waals surface area contributed by atoms with Crippen LogP contribution in [0.1, 0.15) is 40.9 Å². The third-order valence-corrected chi connectivity index (χ3v) is 5.33. The second kappa shape index (κ2) is 7.92. The Morgan fingerprint density at radius 1 is 1.07 bits per heavy atom. The molecule has 146 valence electrons. The fraction of sp³-hybridized carbons (Fsp3) is 0.364. The summed E-state index contributed by atoms with van der Waals surface area (Å²) in [4.78, 5) is 27.0. The molecule has 3 heterocycles. The number of fused-ring (bicyclic) bond motifs is 1. The first kappa shape index (κ1) is 18.3. The number of aryl methyl sites for hydroxylation is 1. The highest BCUT2D eigenvalue weighted by Gasteiger charge is 2.20. The summed E-state index contributed by atoms with van der Waals surface area (Å²) < 4.78 is 7.43. The lowest BCUT2D eigenvalue weighted by molar-refractivity contribution is -0.130. The van der Waals surface area contributed by atoms with Crippen LogP contribution in [-0.4, -0.2) is 40.9 Å². The first-order valence-corrected chi connectivity index (χ1v) is 9.80. The zero-order chi connectivity index (χ0) is 19.5. The van der Waals surface area contributed by atoms with E-state index in [1.165, 1.54) is 12.0 Å². The minimum atomic E-state index is -0.260. The molecule has 0 aliphatic carbocycles. The number of nitrogens with one attached hydrogen (secondary N) is 1. The van der Waals surface area contributed by atoms with Crippen LogP contribution in [0.5, 0.6) is 0 Å². The largest absolute Gasteiger partial charge is 0.463 e. The number of aromatic nitrogens is 1. The van der Waals surface area contributed by atoms with E-state index in [1.807, 2.05) is 22.5 Å². The second-order valence-corrected chi connectivity index (χ2v) is 7.40. The van der Waals surface area contributed by atoms with Gasteiger partial charge in [0.15, 0.2) is 5.58 Å². The van der Waals surface area contributed by atoms with Crippen molar-refractivity contribution < 1.29 is 14.0 Å². The Labute approximate surface area is 164 Å². The van der Waals surface area contributed by atoms with Gasteiger partial charge in [0.2, 0.25) is 5.91 Å². The predicted octanol–water partition coefficient (Wildman–Crippen LogP) is 3.33. The average molecular weight is 379 g/mol. The van der Waals surface area contributed by atoms with Crippen LogP contribution in [0, 0.1) is 6.92 Å². The van der Waals surface area contributed by atoms with Gasteiger partial charge in [-0.05, 0) is 31.7 Å². The van der Waals surface area contributed by atoms with Crippen molar-refractivity contribution in [2.45, 2.75) is 32.7 Å². The molecule has 0 bridgehead atoms. The van der Waals surface area contributed by atoms with Gasteiger partial charge in [0.1, 0.15) is 5.69 Å². The molecule has 6 nitrogen and oxygen atoms in total. The van der Waals surface area contributed by atoms with Gasteiger partial charge < -0.3 is 19.2 Å². The van der Waals surface area contributed by atoms with E-state index in [1.54, 1.807) is 12.3 Å². The molecular formula is C22H25N3O3. The number of hydrogen-bond donors (Lipinski definition) is 1. The van der Waals surface area contributed by atoms with E-state index in [4.69, 9.17) is 4.42 Å². The Morgan fingerprint density at radius 3 is 2.57 bits per heavy atom. The number of carbonyl (C=O) groups is 2. The molecule has 6 heteroatoms. The molecular weight excluding hydrogens is 354 g/mol. The molecule has 0 saturated carbocycles. The van der Waals surface area contributed by atoms with Gasteiger partial charge in [-0.2, -0.15) is 0 Å². The maximum Gasteiger partial charge on any atom is 0.268 e. The molecule has 2 amide bonds. The zero-order valence-corrected chi connectivity index (χ0v) is 16.1. The fourth-order valence-electron chi connectivity index (χ4n) is 3.71. The summed E-state index contributed by atoms with van der Waals surface area (Å²) in [5.41, 5.74) is 4.33. The molecule has 1 aliphatic rings. The van der Waals surface area contributed by atoms with E-state index in [0.717, 1.165) is 37.0 Å². The van der Waals surface area contributed by atoms with Crippen LogP contribution in [0.2, 0.25) is 0 Å². The van der Waals surface area contributed by atoms with Crippen molar-refractivity contribution in [1.82, 2.24) is 14.8 Å². The zero-order valence-electron chi connectivity index (χ0n) is 16.1. The highest BCUT2D eigenvalue weighted by molar-refractivity contribution is 5.99. The van der Waals surface area contributed by atoms with E-state index in [9.17, 15) is 9.59 Å². The number of nitrogens with zero attached hydrogens (tertiary/aromatic N) is 2. The minimum absolute atomic E-state index is 0.0200. The summed E-state index contributed by atoms with van der Waals surface area (Å²) in [6, 6.07) is 11.8. The highest BCUT2D eigenvalue weighted by Crippen LogP contribution is 2.22. The number of likely N-dealkylation sites (tertiary alicyclic amines) is 1. The lowest BCUT2D eigenvalue weighted by Gasteiger charge is -2.26. The summed E-state index contributed by atoms with van der Waals surface area (Å²) in [5.74, 6) is -0.280. The standard InChI is InChI=1S/C22H25N3O3/c1-16-5-7-17(8-6-16)15-25-18-9-12-28-20(18)13-19(25)22(27)23-14-21(26)24-10-3-2-4-11-24/h5-9,12-13H,2-4,10-11,14-15H2,1H3,(H,23,27). The quantitative estimate of drug-likeness (QED) is 0.739. The van der Waals surface area contributed by atoms with Crippen molar-refractivity contribution in [1.29, 1.82) is 0 Å². The van der Waals surface area contributed by atoms with Crippen molar-refractivity contribution in [3.05, 3.63) is 59.5 Å². The molecule has 0 spiro atoms. The number of piperidine rings is 1. The van der Waals surface area contributed by atoms with Gasteiger partial charge in [-0.3, -0.25) is 9.59 Å². The molecule has 0 unspecified atom stereocenters. The van der Waals surface area contributed by atoms with Crippen LogP contribution in [-0.2, 0) is 11.3 Å². The molecule has 3 aromatic rings. The van der Waals surface area contributed by atoms with Gasteiger partial charge in [0, 0.05) is 31.8 Å². The second-order valence-electron chi connectivity index (χ2n) is 7.40. The summed E-state index contributed by atoms with van der Waals surface area (Å²) >= 11 is 0. The van der Waals surface area contributed by atoms with Crippen molar-refractivity contribution >= 4 is 22.9 Å². The lowest BCUT2D eigenvalue weighted by Crippen LogP contribution is -2.42. The van der Waals surface area contributed by atoms with Gasteiger partial charge in [0.05, 0.1) is 18.3 Å². The molecule has 1 aliphatic heterocycles. The van der Waals surface area contributed by atoms with Gasteiger partial charge in [-0.25, -0.2) is 0 Å². The van der Waals surface area contributed by atoms with Gasteiger partial charge in [0.25, 0.3) is 5.91 Å². The Kier molecular flexibility index (Phi) is 5.19. The normalized spacial score (nSPS) is 14.4. The summed E-state index contributed by atoms with van der Waals surface area (Å²) in [7, 11) is 0. The topological polar surface area (TPSA) is 67.5 Å². The van der Waals surface area contributed by atoms with Gasteiger partial charge >= 0.3 is 0 Å². The Bertz CT molecular complexity index is 978. The third kappa shape index (κ3) is 3.81. The average Bonchev–Trinajstić information content (AvgIpc) is 3.31. The molecule has 1 fully saturated rings. The third-order valence-electron chi connectivity index (χ3n) is 5.33. The van der Waals surface area contributed by atoms with Crippen LogP contribution in [0.3, 0.4) is 0 Å². The van der Waals surface area contributed by atoms with Crippen LogP contribution in [0.25, 0.3) is 11.1 Å². The molecule has 1 N–H and O–H groups in total. The van der Waals surface area contributed by atoms with Crippen molar-refractivity contribution in [3.63, 3.8) is 0 Å². The van der Waals surface area contributed by atoms with E-state index >= 15 is 0 Å². The predicted molar refractivity (Wildman–Crippen MR) is 107 cm³/mol. The maximum absolute atomic E-state index is 12.8. The van der Waals surface area contributed by atoms with Crippen LogP contribution in [0.4, 0.5) is 0 Å². The molecule has 1 saturated heterocycles. The monoisotopic (exact) mass is 379 g/mol. The molecule has 1 aromatic carbocycles. The summed E-state index contributed by atoms with van der Waals surface area (Å²) in [6.45, 7) is 4.20. The van der Waals surface area contributed by atoms with E-state index in [2.05, 4.69) is 29.6 Å². The number of amides is 2. The molecule has 28 heavy (non-hydrogen) atoms.